The van der Waals surface area contributed by atoms with E-state index in [0.29, 0.717) is 21.8 Å². The van der Waals surface area contributed by atoms with Crippen molar-refractivity contribution in [3.8, 4) is 0 Å². The van der Waals surface area contributed by atoms with Gasteiger partial charge < -0.3 is 10.6 Å². The number of nitrogens with one attached hydrogen (secondary N) is 2. The Hall–Kier alpha value is -2.99. The molecule has 0 spiro atoms. The summed E-state index contributed by atoms with van der Waals surface area (Å²) in [5.41, 5.74) is 1.58. The average Bonchev–Trinajstić information content (AvgIpc) is 3.12. The molecule has 0 atom stereocenters. The summed E-state index contributed by atoms with van der Waals surface area (Å²) in [7, 11) is 0. The maximum atomic E-state index is 12.9. The van der Waals surface area contributed by atoms with Gasteiger partial charge in [-0.3, -0.25) is 9.59 Å². The number of carbonyl (C=O) groups is 2. The fourth-order valence-corrected chi connectivity index (χ4v) is 2.66. The molecule has 24 heavy (non-hydrogen) atoms. The van der Waals surface area contributed by atoms with Gasteiger partial charge in [-0.25, -0.2) is 4.39 Å². The van der Waals surface area contributed by atoms with E-state index in [0.717, 1.165) is 0 Å². The Labute approximate surface area is 142 Å². The summed E-state index contributed by atoms with van der Waals surface area (Å²) < 4.78 is 12.9. The fraction of sp³-hybridized carbons (Fsp3) is 0. The van der Waals surface area contributed by atoms with E-state index in [4.69, 9.17) is 0 Å². The molecule has 2 N–H and O–H groups in total. The molecule has 0 fully saturated rings. The first-order valence-electron chi connectivity index (χ1n) is 7.14. The minimum absolute atomic E-state index is 0.173. The number of anilines is 2. The lowest BCUT2D eigenvalue weighted by Crippen LogP contribution is -2.12. The maximum absolute atomic E-state index is 12.9. The standard InChI is InChI=1S/C18H13FN2O2S/c19-13-5-3-12(4-6-13)17(22)20-14-7-9-15(10-8-14)21-18(23)16-2-1-11-24-16/h1-11H,(H,20,22)(H,21,23). The smallest absolute Gasteiger partial charge is 0.265 e. The number of benzene rings is 2. The SMILES string of the molecule is O=C(Nc1ccc(NC(=O)c2cccs2)cc1)c1ccc(F)cc1. The molecule has 0 aliphatic carbocycles. The first-order chi connectivity index (χ1) is 11.6. The zero-order chi connectivity index (χ0) is 16.9. The molecule has 0 bridgehead atoms. The number of thiophene rings is 1. The van der Waals surface area contributed by atoms with E-state index in [9.17, 15) is 14.0 Å². The quantitative estimate of drug-likeness (QED) is 0.740. The Morgan fingerprint density at radius 1 is 0.792 bits per heavy atom. The molecule has 6 heteroatoms. The third-order valence-corrected chi connectivity index (χ3v) is 4.12. The third kappa shape index (κ3) is 3.85. The van der Waals surface area contributed by atoms with E-state index in [1.54, 1.807) is 30.3 Å². The highest BCUT2D eigenvalue weighted by Gasteiger charge is 2.08. The fourth-order valence-electron chi connectivity index (χ4n) is 2.04. The number of amides is 2. The van der Waals surface area contributed by atoms with Gasteiger partial charge in [0.15, 0.2) is 0 Å². The van der Waals surface area contributed by atoms with Crippen molar-refractivity contribution < 1.29 is 14.0 Å². The van der Waals surface area contributed by atoms with Gasteiger partial charge in [0.05, 0.1) is 4.88 Å². The van der Waals surface area contributed by atoms with Crippen molar-refractivity contribution in [1.29, 1.82) is 0 Å². The second-order valence-corrected chi connectivity index (χ2v) is 5.92. The van der Waals surface area contributed by atoms with Crippen LogP contribution in [0, 0.1) is 5.82 Å². The molecule has 0 saturated heterocycles. The van der Waals surface area contributed by atoms with E-state index in [2.05, 4.69) is 10.6 Å². The van der Waals surface area contributed by atoms with Crippen molar-refractivity contribution in [3.05, 3.63) is 82.3 Å². The van der Waals surface area contributed by atoms with Gasteiger partial charge in [0.1, 0.15) is 5.82 Å². The van der Waals surface area contributed by atoms with Crippen molar-refractivity contribution >= 4 is 34.5 Å². The van der Waals surface area contributed by atoms with Crippen LogP contribution in [-0.4, -0.2) is 11.8 Å². The predicted molar refractivity (Wildman–Crippen MR) is 93.1 cm³/mol. The molecular formula is C18H13FN2O2S. The number of hydrogen-bond acceptors (Lipinski definition) is 3. The van der Waals surface area contributed by atoms with Gasteiger partial charge in [-0.15, -0.1) is 11.3 Å². The van der Waals surface area contributed by atoms with Crippen molar-refractivity contribution in [2.75, 3.05) is 10.6 Å². The second kappa shape index (κ2) is 7.06. The molecule has 0 unspecified atom stereocenters. The number of rotatable bonds is 4. The number of halogens is 1. The average molecular weight is 340 g/mol. The minimum Gasteiger partial charge on any atom is -0.322 e. The molecule has 2 amide bonds. The van der Waals surface area contributed by atoms with Crippen LogP contribution in [0.3, 0.4) is 0 Å². The normalized spacial score (nSPS) is 10.2. The van der Waals surface area contributed by atoms with Crippen molar-refractivity contribution in [2.24, 2.45) is 0 Å². The summed E-state index contributed by atoms with van der Waals surface area (Å²) in [6.45, 7) is 0. The van der Waals surface area contributed by atoms with Crippen LogP contribution < -0.4 is 10.6 Å². The van der Waals surface area contributed by atoms with Crippen LogP contribution in [0.1, 0.15) is 20.0 Å². The van der Waals surface area contributed by atoms with Gasteiger partial charge in [-0.2, -0.15) is 0 Å². The molecule has 0 aliphatic rings. The molecule has 0 aliphatic heterocycles. The first kappa shape index (κ1) is 15.9. The lowest BCUT2D eigenvalue weighted by Gasteiger charge is -2.07. The summed E-state index contributed by atoms with van der Waals surface area (Å²) in [5, 5.41) is 7.33. The van der Waals surface area contributed by atoms with Crippen LogP contribution in [0.5, 0.6) is 0 Å². The Bertz CT molecular complexity index is 844. The van der Waals surface area contributed by atoms with Crippen molar-refractivity contribution in [2.45, 2.75) is 0 Å². The van der Waals surface area contributed by atoms with Crippen LogP contribution in [0.2, 0.25) is 0 Å². The highest BCUT2D eigenvalue weighted by Crippen LogP contribution is 2.17. The topological polar surface area (TPSA) is 58.2 Å². The summed E-state index contributed by atoms with van der Waals surface area (Å²) in [6, 6.07) is 15.6. The van der Waals surface area contributed by atoms with Gasteiger partial charge in [0, 0.05) is 16.9 Å². The van der Waals surface area contributed by atoms with E-state index < -0.39 is 5.82 Å². The Morgan fingerprint density at radius 2 is 1.38 bits per heavy atom. The van der Waals surface area contributed by atoms with Crippen LogP contribution in [0.25, 0.3) is 0 Å². The summed E-state index contributed by atoms with van der Waals surface area (Å²) in [5.74, 6) is -0.893. The molecule has 0 saturated carbocycles. The highest BCUT2D eigenvalue weighted by molar-refractivity contribution is 7.12. The second-order valence-electron chi connectivity index (χ2n) is 4.97. The van der Waals surface area contributed by atoms with Crippen molar-refractivity contribution in [3.63, 3.8) is 0 Å². The molecule has 2 aromatic carbocycles. The van der Waals surface area contributed by atoms with Gasteiger partial charge >= 0.3 is 0 Å². The zero-order valence-corrected chi connectivity index (χ0v) is 13.3. The van der Waals surface area contributed by atoms with Crippen molar-refractivity contribution in [1.82, 2.24) is 0 Å². The van der Waals surface area contributed by atoms with E-state index in [-0.39, 0.29) is 11.8 Å². The van der Waals surface area contributed by atoms with E-state index in [1.807, 2.05) is 11.4 Å². The lowest BCUT2D eigenvalue weighted by atomic mass is 10.2. The molecule has 1 aromatic heterocycles. The molecule has 4 nitrogen and oxygen atoms in total. The minimum atomic E-state index is -0.391. The van der Waals surface area contributed by atoms with Crippen LogP contribution in [-0.2, 0) is 0 Å². The van der Waals surface area contributed by atoms with Crippen LogP contribution >= 0.6 is 11.3 Å². The lowest BCUT2D eigenvalue weighted by molar-refractivity contribution is 0.102. The monoisotopic (exact) mass is 340 g/mol. The maximum Gasteiger partial charge on any atom is 0.265 e. The molecule has 0 radical (unpaired) electrons. The van der Waals surface area contributed by atoms with E-state index >= 15 is 0 Å². The predicted octanol–water partition coefficient (Wildman–Crippen LogP) is 4.39. The molecule has 1 heterocycles. The summed E-state index contributed by atoms with van der Waals surface area (Å²) >= 11 is 1.36. The first-order valence-corrected chi connectivity index (χ1v) is 8.01. The largest absolute Gasteiger partial charge is 0.322 e. The van der Waals surface area contributed by atoms with E-state index in [1.165, 1.54) is 35.6 Å². The van der Waals surface area contributed by atoms with Gasteiger partial charge in [-0.05, 0) is 60.0 Å². The molecular weight excluding hydrogens is 327 g/mol. The third-order valence-electron chi connectivity index (χ3n) is 3.25. The molecule has 3 aromatic rings. The Kier molecular flexibility index (Phi) is 4.67. The molecule has 3 rings (SSSR count). The van der Waals surface area contributed by atoms with Gasteiger partial charge in [-0.1, -0.05) is 6.07 Å². The number of carbonyl (C=O) groups excluding carboxylic acids is 2. The Morgan fingerprint density at radius 3 is 1.92 bits per heavy atom. The van der Waals surface area contributed by atoms with Crippen LogP contribution in [0.4, 0.5) is 15.8 Å². The zero-order valence-electron chi connectivity index (χ0n) is 12.5. The summed E-state index contributed by atoms with van der Waals surface area (Å²) in [6.07, 6.45) is 0. The molecule has 120 valence electrons. The van der Waals surface area contributed by atoms with Gasteiger partial charge in [0.2, 0.25) is 0 Å². The van der Waals surface area contributed by atoms with Crippen LogP contribution in [0.15, 0.2) is 66.0 Å². The van der Waals surface area contributed by atoms with Gasteiger partial charge in [0.25, 0.3) is 11.8 Å². The number of hydrogen-bond donors (Lipinski definition) is 2. The highest BCUT2D eigenvalue weighted by atomic mass is 32.1. The summed E-state index contributed by atoms with van der Waals surface area (Å²) in [4.78, 5) is 24.6. The Balaban J connectivity index is 1.63.